The summed E-state index contributed by atoms with van der Waals surface area (Å²) in [5.74, 6) is -0.419. The fraction of sp³-hybridized carbons (Fsp3) is 0.455. The molecule has 0 spiro atoms. The largest absolute Gasteiger partial charge is 0.338 e. The van der Waals surface area contributed by atoms with Gasteiger partial charge in [0.15, 0.2) is 0 Å². The fourth-order valence-corrected chi connectivity index (χ4v) is 5.82. The summed E-state index contributed by atoms with van der Waals surface area (Å²) in [5.41, 5.74) is 0. The number of sulfonamides is 1. The van der Waals surface area contributed by atoms with Gasteiger partial charge in [0.1, 0.15) is 6.04 Å². The van der Waals surface area contributed by atoms with E-state index in [0.29, 0.717) is 31.0 Å². The predicted molar refractivity (Wildman–Crippen MR) is 119 cm³/mol. The highest BCUT2D eigenvalue weighted by molar-refractivity contribution is 7.89. The third kappa shape index (κ3) is 4.71. The minimum absolute atomic E-state index is 0.00185. The van der Waals surface area contributed by atoms with Crippen LogP contribution < -0.4 is 4.72 Å². The zero-order valence-electron chi connectivity index (χ0n) is 17.4. The molecule has 2 heterocycles. The van der Waals surface area contributed by atoms with Crippen LogP contribution >= 0.6 is 11.6 Å². The topological polar surface area (TPSA) is 86.8 Å². The van der Waals surface area contributed by atoms with Gasteiger partial charge in [-0.2, -0.15) is 4.72 Å². The fourth-order valence-electron chi connectivity index (χ4n) is 4.38. The first kappa shape index (κ1) is 22.0. The van der Waals surface area contributed by atoms with Crippen LogP contribution in [-0.4, -0.2) is 61.7 Å². The van der Waals surface area contributed by atoms with Gasteiger partial charge in [-0.1, -0.05) is 23.7 Å². The van der Waals surface area contributed by atoms with Gasteiger partial charge in [0.2, 0.25) is 21.8 Å². The zero-order chi connectivity index (χ0) is 22.2. The lowest BCUT2D eigenvalue weighted by atomic mass is 10.1. The molecule has 7 nitrogen and oxygen atoms in total. The zero-order valence-corrected chi connectivity index (χ0v) is 19.0. The van der Waals surface area contributed by atoms with Crippen LogP contribution in [0.4, 0.5) is 0 Å². The molecule has 0 radical (unpaired) electrons. The van der Waals surface area contributed by atoms with Crippen LogP contribution in [0.1, 0.15) is 32.6 Å². The third-order valence-electron chi connectivity index (χ3n) is 6.11. The van der Waals surface area contributed by atoms with E-state index in [-0.39, 0.29) is 29.3 Å². The lowest BCUT2D eigenvalue weighted by Crippen LogP contribution is -2.54. The number of rotatable bonds is 5. The third-order valence-corrected chi connectivity index (χ3v) is 7.82. The Bertz CT molecular complexity index is 1120. The molecule has 2 aliphatic rings. The number of hydrogen-bond donors (Lipinski definition) is 1. The number of carbonyl (C=O) groups is 2. The highest BCUT2D eigenvalue weighted by Crippen LogP contribution is 2.24. The van der Waals surface area contributed by atoms with Crippen LogP contribution in [0, 0.1) is 0 Å². The van der Waals surface area contributed by atoms with E-state index in [2.05, 4.69) is 4.72 Å². The molecule has 166 valence electrons. The molecule has 9 heteroatoms. The van der Waals surface area contributed by atoms with Gasteiger partial charge in [-0.05, 0) is 67.6 Å². The van der Waals surface area contributed by atoms with Crippen molar-refractivity contribution in [3.63, 3.8) is 0 Å². The molecule has 2 aliphatic heterocycles. The van der Waals surface area contributed by atoms with E-state index in [4.69, 9.17) is 11.6 Å². The van der Waals surface area contributed by atoms with Crippen molar-refractivity contribution in [3.8, 4) is 0 Å². The normalized spacial score (nSPS) is 22.3. The summed E-state index contributed by atoms with van der Waals surface area (Å²) in [6.45, 7) is 3.18. The first-order valence-corrected chi connectivity index (χ1v) is 12.4. The van der Waals surface area contributed by atoms with Crippen molar-refractivity contribution >= 4 is 44.2 Å². The van der Waals surface area contributed by atoms with Gasteiger partial charge >= 0.3 is 0 Å². The van der Waals surface area contributed by atoms with Crippen molar-refractivity contribution in [1.29, 1.82) is 0 Å². The molecule has 31 heavy (non-hydrogen) atoms. The molecule has 2 atom stereocenters. The average Bonchev–Trinajstić information content (AvgIpc) is 3.16. The second-order valence-electron chi connectivity index (χ2n) is 8.31. The lowest BCUT2D eigenvalue weighted by Gasteiger charge is -2.33. The number of amides is 2. The number of nitrogens with one attached hydrogen (secondary N) is 1. The molecule has 0 saturated carbocycles. The summed E-state index contributed by atoms with van der Waals surface area (Å²) in [7, 11) is -3.90. The Labute approximate surface area is 187 Å². The number of fused-ring (bicyclic) bond motifs is 1. The van der Waals surface area contributed by atoms with Crippen molar-refractivity contribution in [3.05, 3.63) is 41.4 Å². The number of hydrogen-bond acceptors (Lipinski definition) is 4. The molecule has 1 unspecified atom stereocenters. The average molecular weight is 464 g/mol. The SMILES string of the molecule is CC1CCCN1C(=O)CN1CCC[C@H](NS(=O)(=O)c2ccc3cc(Cl)ccc3c2)C1=O. The Morgan fingerprint density at radius 3 is 2.55 bits per heavy atom. The number of carbonyl (C=O) groups excluding carboxylic acids is 2. The maximum absolute atomic E-state index is 13.0. The summed E-state index contributed by atoms with van der Waals surface area (Å²) in [4.78, 5) is 28.9. The molecule has 0 aromatic heterocycles. The summed E-state index contributed by atoms with van der Waals surface area (Å²) < 4.78 is 28.5. The second-order valence-corrected chi connectivity index (χ2v) is 10.5. The van der Waals surface area contributed by atoms with Crippen molar-refractivity contribution < 1.29 is 18.0 Å². The predicted octanol–water partition coefficient (Wildman–Crippen LogP) is 2.77. The van der Waals surface area contributed by atoms with Crippen LogP contribution in [-0.2, 0) is 19.6 Å². The smallest absolute Gasteiger partial charge is 0.242 e. The Kier molecular flexibility index (Phi) is 6.23. The van der Waals surface area contributed by atoms with Gasteiger partial charge in [-0.25, -0.2) is 8.42 Å². The van der Waals surface area contributed by atoms with Crippen molar-refractivity contribution in [2.45, 2.75) is 49.6 Å². The maximum atomic E-state index is 13.0. The van der Waals surface area contributed by atoms with Crippen LogP contribution in [0.3, 0.4) is 0 Å². The first-order chi connectivity index (χ1) is 14.7. The van der Waals surface area contributed by atoms with Gasteiger partial charge in [0, 0.05) is 24.2 Å². The van der Waals surface area contributed by atoms with Crippen molar-refractivity contribution in [2.24, 2.45) is 0 Å². The van der Waals surface area contributed by atoms with Crippen molar-refractivity contribution in [1.82, 2.24) is 14.5 Å². The van der Waals surface area contributed by atoms with E-state index in [0.717, 1.165) is 23.6 Å². The highest BCUT2D eigenvalue weighted by atomic mass is 35.5. The second kappa shape index (κ2) is 8.76. The number of likely N-dealkylation sites (tertiary alicyclic amines) is 2. The van der Waals surface area contributed by atoms with Crippen molar-refractivity contribution in [2.75, 3.05) is 19.6 Å². The Hall–Kier alpha value is -2.16. The standard InChI is InChI=1S/C22H26ClN3O4S/c1-15-4-2-11-26(15)21(27)14-25-10-3-5-20(22(25)28)24-31(29,30)19-9-7-16-12-18(23)8-6-17(16)13-19/h6-9,12-13,15,20,24H,2-5,10-11,14H2,1H3/t15?,20-/m0/s1. The van der Waals surface area contributed by atoms with Gasteiger partial charge in [0.05, 0.1) is 11.4 Å². The summed E-state index contributed by atoms with van der Waals surface area (Å²) >= 11 is 5.99. The Morgan fingerprint density at radius 2 is 1.81 bits per heavy atom. The number of nitrogens with zero attached hydrogens (tertiary/aromatic N) is 2. The lowest BCUT2D eigenvalue weighted by molar-refractivity contribution is -0.143. The van der Waals surface area contributed by atoms with E-state index in [9.17, 15) is 18.0 Å². The maximum Gasteiger partial charge on any atom is 0.242 e. The van der Waals surface area contributed by atoms with Gasteiger partial charge in [-0.3, -0.25) is 9.59 Å². The molecule has 2 saturated heterocycles. The molecule has 2 amide bonds. The van der Waals surface area contributed by atoms with E-state index in [1.54, 1.807) is 30.3 Å². The number of halogens is 1. The van der Waals surface area contributed by atoms with E-state index in [1.807, 2.05) is 11.8 Å². The molecule has 0 bridgehead atoms. The van der Waals surface area contributed by atoms with Crippen LogP contribution in [0.25, 0.3) is 10.8 Å². The number of piperidine rings is 1. The Morgan fingerprint density at radius 1 is 1.10 bits per heavy atom. The molecular weight excluding hydrogens is 438 g/mol. The molecule has 4 rings (SSSR count). The summed E-state index contributed by atoms with van der Waals surface area (Å²) in [6.07, 6.45) is 2.99. The van der Waals surface area contributed by atoms with E-state index >= 15 is 0 Å². The van der Waals surface area contributed by atoms with E-state index < -0.39 is 16.1 Å². The highest BCUT2D eigenvalue weighted by Gasteiger charge is 2.35. The summed E-state index contributed by atoms with van der Waals surface area (Å²) in [5, 5.41) is 2.15. The van der Waals surface area contributed by atoms with Crippen LogP contribution in [0.2, 0.25) is 5.02 Å². The van der Waals surface area contributed by atoms with Gasteiger partial charge in [0.25, 0.3) is 0 Å². The molecule has 2 fully saturated rings. The minimum atomic E-state index is -3.90. The summed E-state index contributed by atoms with van der Waals surface area (Å²) in [6, 6.07) is 9.31. The monoisotopic (exact) mass is 463 g/mol. The Balaban J connectivity index is 1.47. The number of benzene rings is 2. The van der Waals surface area contributed by atoms with E-state index in [1.165, 1.54) is 11.0 Å². The van der Waals surface area contributed by atoms with Crippen LogP contribution in [0.15, 0.2) is 41.3 Å². The minimum Gasteiger partial charge on any atom is -0.338 e. The first-order valence-electron chi connectivity index (χ1n) is 10.5. The van der Waals surface area contributed by atoms with Crippen LogP contribution in [0.5, 0.6) is 0 Å². The van der Waals surface area contributed by atoms with Gasteiger partial charge < -0.3 is 9.80 Å². The molecule has 2 aromatic rings. The molecular formula is C22H26ClN3O4S. The molecule has 1 N–H and O–H groups in total. The molecule has 0 aliphatic carbocycles. The quantitative estimate of drug-likeness (QED) is 0.738. The van der Waals surface area contributed by atoms with Gasteiger partial charge in [-0.15, -0.1) is 0 Å². The molecule has 2 aromatic carbocycles.